The number of hydrogen-bond donors (Lipinski definition) is 1. The number of methoxy groups -OCH3 is 1. The molecular formula is C20H26N2O. The third-order valence-corrected chi connectivity index (χ3v) is 3.96. The zero-order valence-corrected chi connectivity index (χ0v) is 14.6. The van der Waals surface area contributed by atoms with Crippen LogP contribution < -0.4 is 10.5 Å². The highest BCUT2D eigenvalue weighted by atomic mass is 16.5. The Morgan fingerprint density at radius 3 is 1.87 bits per heavy atom. The van der Waals surface area contributed by atoms with Gasteiger partial charge in [0.15, 0.2) is 0 Å². The SMILES string of the molecule is COc1ccc(C(N)=Nc2c(C(C)C)cccc2C(C)C)cc1. The Balaban J connectivity index is 2.51. The maximum absolute atomic E-state index is 6.27. The summed E-state index contributed by atoms with van der Waals surface area (Å²) in [4.78, 5) is 4.78. The van der Waals surface area contributed by atoms with Crippen LogP contribution >= 0.6 is 0 Å². The molecule has 0 spiro atoms. The molecule has 0 amide bonds. The maximum atomic E-state index is 6.27. The van der Waals surface area contributed by atoms with Crippen molar-refractivity contribution < 1.29 is 4.74 Å². The molecule has 2 aromatic rings. The van der Waals surface area contributed by atoms with E-state index in [1.54, 1.807) is 7.11 Å². The normalized spacial score (nSPS) is 12.0. The van der Waals surface area contributed by atoms with Crippen molar-refractivity contribution in [3.05, 3.63) is 59.2 Å². The monoisotopic (exact) mass is 310 g/mol. The second kappa shape index (κ2) is 7.32. The Labute approximate surface area is 139 Å². The Morgan fingerprint density at radius 2 is 1.43 bits per heavy atom. The molecule has 0 saturated heterocycles. The van der Waals surface area contributed by atoms with Gasteiger partial charge in [-0.25, -0.2) is 4.99 Å². The molecule has 2 rings (SSSR count). The van der Waals surface area contributed by atoms with Crippen LogP contribution in [0.5, 0.6) is 5.75 Å². The van der Waals surface area contributed by atoms with E-state index in [0.29, 0.717) is 17.7 Å². The number of amidine groups is 1. The molecule has 2 aromatic carbocycles. The van der Waals surface area contributed by atoms with Crippen molar-refractivity contribution in [1.82, 2.24) is 0 Å². The average Bonchev–Trinajstić information content (AvgIpc) is 2.54. The number of benzene rings is 2. The zero-order chi connectivity index (χ0) is 17.0. The summed E-state index contributed by atoms with van der Waals surface area (Å²) in [7, 11) is 1.65. The molecule has 0 aromatic heterocycles. The van der Waals surface area contributed by atoms with Crippen LogP contribution in [0.15, 0.2) is 47.5 Å². The first-order valence-electron chi connectivity index (χ1n) is 8.05. The van der Waals surface area contributed by atoms with Gasteiger partial charge in [-0.05, 0) is 47.2 Å². The molecule has 0 unspecified atom stereocenters. The Morgan fingerprint density at radius 1 is 0.913 bits per heavy atom. The first kappa shape index (κ1) is 17.1. The number of ether oxygens (including phenoxy) is 1. The smallest absolute Gasteiger partial charge is 0.131 e. The van der Waals surface area contributed by atoms with Crippen molar-refractivity contribution in [3.63, 3.8) is 0 Å². The minimum atomic E-state index is 0.399. The molecule has 23 heavy (non-hydrogen) atoms. The summed E-state index contributed by atoms with van der Waals surface area (Å²) in [5.41, 5.74) is 10.6. The molecule has 0 aliphatic rings. The van der Waals surface area contributed by atoms with E-state index in [-0.39, 0.29) is 0 Å². The second-order valence-electron chi connectivity index (χ2n) is 6.32. The van der Waals surface area contributed by atoms with Crippen LogP contribution in [0.25, 0.3) is 0 Å². The summed E-state index contributed by atoms with van der Waals surface area (Å²) in [5, 5.41) is 0. The molecule has 2 N–H and O–H groups in total. The lowest BCUT2D eigenvalue weighted by molar-refractivity contribution is 0.415. The van der Waals surface area contributed by atoms with E-state index in [4.69, 9.17) is 15.5 Å². The standard InChI is InChI=1S/C20H26N2O/c1-13(2)17-7-6-8-18(14(3)4)19(17)22-20(21)15-9-11-16(23-5)12-10-15/h6-14H,1-5H3,(H2,21,22). The minimum absolute atomic E-state index is 0.399. The van der Waals surface area contributed by atoms with Crippen molar-refractivity contribution in [1.29, 1.82) is 0 Å². The Kier molecular flexibility index (Phi) is 5.43. The van der Waals surface area contributed by atoms with Crippen molar-refractivity contribution in [2.75, 3.05) is 7.11 Å². The van der Waals surface area contributed by atoms with Crippen molar-refractivity contribution in [2.24, 2.45) is 10.7 Å². The van der Waals surface area contributed by atoms with E-state index in [0.717, 1.165) is 17.0 Å². The first-order valence-corrected chi connectivity index (χ1v) is 8.05. The summed E-state index contributed by atoms with van der Waals surface area (Å²) in [6, 6.07) is 14.0. The molecule has 0 saturated carbocycles. The van der Waals surface area contributed by atoms with Crippen LogP contribution in [0.3, 0.4) is 0 Å². The molecule has 3 nitrogen and oxygen atoms in total. The molecule has 0 aliphatic carbocycles. The van der Waals surface area contributed by atoms with Gasteiger partial charge < -0.3 is 10.5 Å². The lowest BCUT2D eigenvalue weighted by Gasteiger charge is -2.17. The molecule has 3 heteroatoms. The van der Waals surface area contributed by atoms with E-state index in [1.165, 1.54) is 11.1 Å². The van der Waals surface area contributed by atoms with E-state index in [2.05, 4.69) is 45.9 Å². The molecule has 0 heterocycles. The molecule has 0 aliphatic heterocycles. The van der Waals surface area contributed by atoms with Gasteiger partial charge in [0.25, 0.3) is 0 Å². The van der Waals surface area contributed by atoms with Crippen LogP contribution in [0.2, 0.25) is 0 Å². The highest BCUT2D eigenvalue weighted by Crippen LogP contribution is 2.34. The average molecular weight is 310 g/mol. The molecular weight excluding hydrogens is 284 g/mol. The number of rotatable bonds is 5. The largest absolute Gasteiger partial charge is 0.497 e. The Hall–Kier alpha value is -2.29. The lowest BCUT2D eigenvalue weighted by Crippen LogP contribution is -2.13. The van der Waals surface area contributed by atoms with Gasteiger partial charge in [0.05, 0.1) is 12.8 Å². The van der Waals surface area contributed by atoms with Crippen molar-refractivity contribution in [2.45, 2.75) is 39.5 Å². The van der Waals surface area contributed by atoms with E-state index in [1.807, 2.05) is 24.3 Å². The van der Waals surface area contributed by atoms with Crippen LogP contribution in [0.4, 0.5) is 5.69 Å². The fourth-order valence-electron chi connectivity index (χ4n) is 2.59. The van der Waals surface area contributed by atoms with E-state index in [9.17, 15) is 0 Å². The van der Waals surface area contributed by atoms with Gasteiger partial charge in [-0.1, -0.05) is 45.9 Å². The topological polar surface area (TPSA) is 47.6 Å². The van der Waals surface area contributed by atoms with Crippen LogP contribution in [0.1, 0.15) is 56.2 Å². The fraction of sp³-hybridized carbons (Fsp3) is 0.350. The van der Waals surface area contributed by atoms with E-state index < -0.39 is 0 Å². The summed E-state index contributed by atoms with van der Waals surface area (Å²) >= 11 is 0. The van der Waals surface area contributed by atoms with Gasteiger partial charge in [-0.2, -0.15) is 0 Å². The van der Waals surface area contributed by atoms with Gasteiger partial charge in [-0.3, -0.25) is 0 Å². The zero-order valence-electron chi connectivity index (χ0n) is 14.6. The maximum Gasteiger partial charge on any atom is 0.131 e. The molecule has 122 valence electrons. The number of nitrogens with two attached hydrogens (primary N) is 1. The summed E-state index contributed by atoms with van der Waals surface area (Å²) in [6.45, 7) is 8.73. The molecule has 0 atom stereocenters. The number of nitrogens with zero attached hydrogens (tertiary/aromatic N) is 1. The number of aliphatic imine (C=N–C) groups is 1. The van der Waals surface area contributed by atoms with E-state index >= 15 is 0 Å². The molecule has 0 fully saturated rings. The quantitative estimate of drug-likeness (QED) is 0.625. The minimum Gasteiger partial charge on any atom is -0.497 e. The van der Waals surface area contributed by atoms with Gasteiger partial charge in [0.1, 0.15) is 11.6 Å². The second-order valence-corrected chi connectivity index (χ2v) is 6.32. The molecule has 0 bridgehead atoms. The third kappa shape index (κ3) is 3.92. The van der Waals surface area contributed by atoms with Crippen LogP contribution in [-0.2, 0) is 0 Å². The van der Waals surface area contributed by atoms with Crippen LogP contribution in [0, 0.1) is 0 Å². The summed E-state index contributed by atoms with van der Waals surface area (Å²) in [5.74, 6) is 2.14. The first-order chi connectivity index (χ1) is 10.9. The lowest BCUT2D eigenvalue weighted by atomic mass is 9.93. The third-order valence-electron chi connectivity index (χ3n) is 3.96. The van der Waals surface area contributed by atoms with Gasteiger partial charge in [0.2, 0.25) is 0 Å². The van der Waals surface area contributed by atoms with Gasteiger partial charge in [-0.15, -0.1) is 0 Å². The number of para-hydroxylation sites is 1. The van der Waals surface area contributed by atoms with Crippen LogP contribution in [-0.4, -0.2) is 12.9 Å². The predicted octanol–water partition coefficient (Wildman–Crippen LogP) is 4.98. The summed E-state index contributed by atoms with van der Waals surface area (Å²) < 4.78 is 5.19. The highest BCUT2D eigenvalue weighted by molar-refractivity contribution is 5.99. The van der Waals surface area contributed by atoms with Gasteiger partial charge >= 0.3 is 0 Å². The van der Waals surface area contributed by atoms with Gasteiger partial charge in [0, 0.05) is 5.56 Å². The predicted molar refractivity (Wildman–Crippen MR) is 98.0 cm³/mol. The van der Waals surface area contributed by atoms with Crippen molar-refractivity contribution >= 4 is 11.5 Å². The van der Waals surface area contributed by atoms with Crippen molar-refractivity contribution in [3.8, 4) is 5.75 Å². The highest BCUT2D eigenvalue weighted by Gasteiger charge is 2.14. The fourth-order valence-corrected chi connectivity index (χ4v) is 2.59. The summed E-state index contributed by atoms with van der Waals surface area (Å²) in [6.07, 6.45) is 0. The molecule has 0 radical (unpaired) electrons. The number of hydrogen-bond acceptors (Lipinski definition) is 2. The Bertz CT molecular complexity index is 659.